The van der Waals surface area contributed by atoms with E-state index in [0.717, 1.165) is 5.75 Å². The van der Waals surface area contributed by atoms with Crippen molar-refractivity contribution in [3.05, 3.63) is 30.1 Å². The lowest BCUT2D eigenvalue weighted by Crippen LogP contribution is -2.40. The zero-order valence-electron chi connectivity index (χ0n) is 11.5. The zero-order valence-corrected chi connectivity index (χ0v) is 12.3. The Kier molecular flexibility index (Phi) is 7.52. The molecular weight excluding hydrogens is 260 g/mol. The lowest BCUT2D eigenvalue weighted by molar-refractivity contribution is -0.119. The third-order valence-corrected chi connectivity index (χ3v) is 3.85. The molecule has 19 heavy (non-hydrogen) atoms. The summed E-state index contributed by atoms with van der Waals surface area (Å²) in [6, 6.07) is 3.96. The van der Waals surface area contributed by atoms with Crippen LogP contribution in [0, 0.1) is 5.92 Å². The molecule has 1 unspecified atom stereocenters. The number of carbonyl (C=O) groups excluding carboxylic acids is 1. The van der Waals surface area contributed by atoms with Gasteiger partial charge in [-0.25, -0.2) is 0 Å². The first-order valence-electron chi connectivity index (χ1n) is 6.50. The van der Waals surface area contributed by atoms with E-state index in [1.54, 1.807) is 24.2 Å². The highest BCUT2D eigenvalue weighted by molar-refractivity contribution is 7.99. The van der Waals surface area contributed by atoms with Gasteiger partial charge in [0.2, 0.25) is 5.91 Å². The third-order valence-electron chi connectivity index (χ3n) is 2.84. The molecule has 4 nitrogen and oxygen atoms in total. The van der Waals surface area contributed by atoms with E-state index in [1.807, 2.05) is 26.0 Å². The molecule has 2 N–H and O–H groups in total. The minimum absolute atomic E-state index is 0.0335. The van der Waals surface area contributed by atoms with Crippen molar-refractivity contribution in [2.45, 2.75) is 32.1 Å². The van der Waals surface area contributed by atoms with Crippen LogP contribution in [0.2, 0.25) is 0 Å². The van der Waals surface area contributed by atoms with Gasteiger partial charge in [-0.15, -0.1) is 11.8 Å². The largest absolute Gasteiger partial charge is 0.396 e. The van der Waals surface area contributed by atoms with Crippen LogP contribution in [-0.4, -0.2) is 34.4 Å². The van der Waals surface area contributed by atoms with Crippen molar-refractivity contribution in [3.63, 3.8) is 0 Å². The number of nitrogens with one attached hydrogen (secondary N) is 1. The predicted molar refractivity (Wildman–Crippen MR) is 78.9 cm³/mol. The molecule has 0 saturated heterocycles. The monoisotopic (exact) mass is 282 g/mol. The molecule has 0 saturated carbocycles. The number of carbonyl (C=O) groups is 1. The highest BCUT2D eigenvalue weighted by Gasteiger charge is 2.15. The number of nitrogens with zero attached hydrogens (tertiary/aromatic N) is 1. The Bertz CT molecular complexity index is 371. The molecule has 1 amide bonds. The average molecular weight is 282 g/mol. The van der Waals surface area contributed by atoms with E-state index in [2.05, 4.69) is 10.3 Å². The van der Waals surface area contributed by atoms with E-state index in [9.17, 15) is 4.79 Å². The second-order valence-electron chi connectivity index (χ2n) is 4.78. The van der Waals surface area contributed by atoms with Crippen molar-refractivity contribution in [1.29, 1.82) is 0 Å². The summed E-state index contributed by atoms with van der Waals surface area (Å²) in [6.07, 6.45) is 4.12. The molecular formula is C14H22N2O2S. The van der Waals surface area contributed by atoms with Gasteiger partial charge in [0.1, 0.15) is 0 Å². The molecule has 0 bridgehead atoms. The van der Waals surface area contributed by atoms with Gasteiger partial charge < -0.3 is 10.4 Å². The molecule has 1 rings (SSSR count). The van der Waals surface area contributed by atoms with E-state index in [0.29, 0.717) is 18.1 Å². The second-order valence-corrected chi connectivity index (χ2v) is 5.76. The molecule has 106 valence electrons. The summed E-state index contributed by atoms with van der Waals surface area (Å²) in [5.41, 5.74) is 1.17. The van der Waals surface area contributed by atoms with Gasteiger partial charge in [0, 0.05) is 30.8 Å². The first-order valence-corrected chi connectivity index (χ1v) is 7.65. The van der Waals surface area contributed by atoms with Crippen molar-refractivity contribution < 1.29 is 9.90 Å². The van der Waals surface area contributed by atoms with E-state index in [4.69, 9.17) is 5.11 Å². The molecule has 0 radical (unpaired) electrons. The van der Waals surface area contributed by atoms with Gasteiger partial charge in [-0.05, 0) is 30.0 Å². The third kappa shape index (κ3) is 6.59. The van der Waals surface area contributed by atoms with Crippen LogP contribution in [-0.2, 0) is 10.5 Å². The molecule has 1 atom stereocenters. The summed E-state index contributed by atoms with van der Waals surface area (Å²) >= 11 is 1.58. The van der Waals surface area contributed by atoms with Crippen molar-refractivity contribution in [2.24, 2.45) is 5.92 Å². The molecule has 1 heterocycles. The van der Waals surface area contributed by atoms with Crippen LogP contribution in [0.3, 0.4) is 0 Å². The molecule has 5 heteroatoms. The molecule has 0 aromatic carbocycles. The van der Waals surface area contributed by atoms with Gasteiger partial charge in [0.25, 0.3) is 0 Å². The van der Waals surface area contributed by atoms with Crippen molar-refractivity contribution >= 4 is 17.7 Å². The Balaban J connectivity index is 2.27. The van der Waals surface area contributed by atoms with Crippen LogP contribution in [0.15, 0.2) is 24.5 Å². The number of aliphatic hydroxyl groups is 1. The van der Waals surface area contributed by atoms with Crippen LogP contribution < -0.4 is 5.32 Å². The molecule has 0 spiro atoms. The average Bonchev–Trinajstić information content (AvgIpc) is 2.39. The second kappa shape index (κ2) is 8.93. The number of hydrogen-bond acceptors (Lipinski definition) is 4. The Hall–Kier alpha value is -1.07. The summed E-state index contributed by atoms with van der Waals surface area (Å²) in [5, 5.41) is 11.9. The highest BCUT2D eigenvalue weighted by atomic mass is 32.2. The highest BCUT2D eigenvalue weighted by Crippen LogP contribution is 2.11. The van der Waals surface area contributed by atoms with Gasteiger partial charge in [0.15, 0.2) is 0 Å². The number of hydrogen-bond donors (Lipinski definition) is 2. The van der Waals surface area contributed by atoms with E-state index in [1.165, 1.54) is 5.56 Å². The van der Waals surface area contributed by atoms with E-state index < -0.39 is 0 Å². The van der Waals surface area contributed by atoms with Crippen LogP contribution in [0.4, 0.5) is 0 Å². The molecule has 1 aromatic heterocycles. The fraction of sp³-hybridized carbons (Fsp3) is 0.571. The normalized spacial score (nSPS) is 12.4. The summed E-state index contributed by atoms with van der Waals surface area (Å²) in [6.45, 7) is 4.20. The van der Waals surface area contributed by atoms with Gasteiger partial charge in [-0.3, -0.25) is 9.78 Å². The zero-order chi connectivity index (χ0) is 14.1. The maximum absolute atomic E-state index is 11.8. The maximum Gasteiger partial charge on any atom is 0.230 e. The summed E-state index contributed by atoms with van der Waals surface area (Å²) in [5.74, 6) is 1.62. The molecule has 0 aliphatic rings. The Morgan fingerprint density at radius 3 is 2.68 bits per heavy atom. The minimum atomic E-state index is 0.0335. The van der Waals surface area contributed by atoms with Crippen LogP contribution in [0.1, 0.15) is 25.8 Å². The van der Waals surface area contributed by atoms with Crippen LogP contribution in [0.5, 0.6) is 0 Å². The van der Waals surface area contributed by atoms with Crippen molar-refractivity contribution in [1.82, 2.24) is 10.3 Å². The number of thioether (sulfide) groups is 1. The number of aromatic nitrogens is 1. The standard InChI is InChI=1S/C14H22N2O2S/c1-11(2)13(5-8-17)16-14(18)10-19-9-12-3-6-15-7-4-12/h3-4,6-7,11,13,17H,5,8-10H2,1-2H3,(H,16,18). The quantitative estimate of drug-likeness (QED) is 0.764. The summed E-state index contributed by atoms with van der Waals surface area (Å²) in [7, 11) is 0. The fourth-order valence-corrected chi connectivity index (χ4v) is 2.50. The van der Waals surface area contributed by atoms with Crippen LogP contribution in [0.25, 0.3) is 0 Å². The fourth-order valence-electron chi connectivity index (χ4n) is 1.70. The first-order chi connectivity index (χ1) is 9.13. The van der Waals surface area contributed by atoms with Crippen molar-refractivity contribution in [3.8, 4) is 0 Å². The van der Waals surface area contributed by atoms with Gasteiger partial charge in [-0.1, -0.05) is 13.8 Å². The van der Waals surface area contributed by atoms with Gasteiger partial charge >= 0.3 is 0 Å². The Morgan fingerprint density at radius 2 is 2.11 bits per heavy atom. The van der Waals surface area contributed by atoms with Gasteiger partial charge in [-0.2, -0.15) is 0 Å². The minimum Gasteiger partial charge on any atom is -0.396 e. The summed E-state index contributed by atoms with van der Waals surface area (Å²) in [4.78, 5) is 15.8. The van der Waals surface area contributed by atoms with Crippen LogP contribution >= 0.6 is 11.8 Å². The predicted octanol–water partition coefficient (Wildman–Crippen LogP) is 1.84. The van der Waals surface area contributed by atoms with E-state index >= 15 is 0 Å². The molecule has 1 aromatic rings. The lowest BCUT2D eigenvalue weighted by atomic mass is 10.0. The number of amides is 1. The molecule has 0 aliphatic heterocycles. The molecule has 0 fully saturated rings. The molecule has 0 aliphatic carbocycles. The SMILES string of the molecule is CC(C)C(CCO)NC(=O)CSCc1ccncc1. The van der Waals surface area contributed by atoms with E-state index in [-0.39, 0.29) is 18.6 Å². The topological polar surface area (TPSA) is 62.2 Å². The Labute approximate surface area is 119 Å². The number of rotatable bonds is 8. The Morgan fingerprint density at radius 1 is 1.42 bits per heavy atom. The summed E-state index contributed by atoms with van der Waals surface area (Å²) < 4.78 is 0. The first kappa shape index (κ1) is 16.0. The lowest BCUT2D eigenvalue weighted by Gasteiger charge is -2.21. The smallest absolute Gasteiger partial charge is 0.230 e. The van der Waals surface area contributed by atoms with Gasteiger partial charge in [0.05, 0.1) is 5.75 Å². The van der Waals surface area contributed by atoms with Crippen molar-refractivity contribution in [2.75, 3.05) is 12.4 Å². The maximum atomic E-state index is 11.8. The number of aliphatic hydroxyl groups excluding tert-OH is 1. The number of pyridine rings is 1.